The van der Waals surface area contributed by atoms with Crippen LogP contribution in [0.3, 0.4) is 0 Å². The molecule has 1 N–H and O–H groups in total. The van der Waals surface area contributed by atoms with Crippen LogP contribution in [0.2, 0.25) is 0 Å². The number of hydrogen-bond donors (Lipinski definition) is 1. The smallest absolute Gasteiger partial charge is 0.414 e. The lowest BCUT2D eigenvalue weighted by molar-refractivity contribution is 0.0924. The van der Waals surface area contributed by atoms with Crippen molar-refractivity contribution in [3.8, 4) is 11.1 Å². The second-order valence-electron chi connectivity index (χ2n) is 6.15. The molecule has 0 unspecified atom stereocenters. The van der Waals surface area contributed by atoms with E-state index in [1.807, 2.05) is 54.6 Å². The molecule has 0 atom stereocenters. The number of rotatable bonds is 5. The first-order valence-corrected chi connectivity index (χ1v) is 8.67. The molecule has 2 amide bonds. The van der Waals surface area contributed by atoms with E-state index in [0.717, 1.165) is 22.4 Å². The first-order valence-electron chi connectivity index (χ1n) is 8.67. The van der Waals surface area contributed by atoms with Gasteiger partial charge in [-0.25, -0.2) is 4.79 Å². The Morgan fingerprint density at radius 3 is 2.70 bits per heavy atom. The second kappa shape index (κ2) is 7.37. The van der Waals surface area contributed by atoms with E-state index in [2.05, 4.69) is 5.32 Å². The molecule has 1 aliphatic heterocycles. The van der Waals surface area contributed by atoms with Crippen LogP contribution in [0.4, 0.5) is 10.5 Å². The molecule has 6 nitrogen and oxygen atoms in total. The molecule has 0 aliphatic carbocycles. The van der Waals surface area contributed by atoms with Crippen molar-refractivity contribution in [1.82, 2.24) is 5.32 Å². The van der Waals surface area contributed by atoms with Crippen LogP contribution in [0, 0.1) is 0 Å². The average Bonchev–Trinajstić information content (AvgIpc) is 3.36. The molecule has 0 radical (unpaired) electrons. The summed E-state index contributed by atoms with van der Waals surface area (Å²) >= 11 is 0. The summed E-state index contributed by atoms with van der Waals surface area (Å²) in [7, 11) is 0. The maximum absolute atomic E-state index is 12.6. The van der Waals surface area contributed by atoms with Crippen LogP contribution in [-0.4, -0.2) is 25.2 Å². The van der Waals surface area contributed by atoms with E-state index in [0.29, 0.717) is 19.7 Å². The molecule has 3 aromatic rings. The Morgan fingerprint density at radius 2 is 1.93 bits per heavy atom. The molecule has 4 rings (SSSR count). The average molecular weight is 362 g/mol. The molecule has 0 saturated carbocycles. The van der Waals surface area contributed by atoms with Gasteiger partial charge in [0.05, 0.1) is 12.8 Å². The minimum Gasteiger partial charge on any atom is -0.459 e. The quantitative estimate of drug-likeness (QED) is 0.749. The van der Waals surface area contributed by atoms with Crippen molar-refractivity contribution in [3.05, 3.63) is 78.3 Å². The van der Waals surface area contributed by atoms with Crippen molar-refractivity contribution < 1.29 is 18.7 Å². The van der Waals surface area contributed by atoms with Crippen molar-refractivity contribution in [1.29, 1.82) is 0 Å². The molecule has 1 fully saturated rings. The molecular formula is C21H18N2O4. The van der Waals surface area contributed by atoms with Gasteiger partial charge in [0.2, 0.25) is 0 Å². The van der Waals surface area contributed by atoms with Gasteiger partial charge in [-0.2, -0.15) is 0 Å². The van der Waals surface area contributed by atoms with Crippen molar-refractivity contribution in [2.75, 3.05) is 18.1 Å². The summed E-state index contributed by atoms with van der Waals surface area (Å²) in [5, 5.41) is 2.87. The van der Waals surface area contributed by atoms with Gasteiger partial charge in [-0.3, -0.25) is 9.69 Å². The SMILES string of the molecule is O=C(NCc1cccc(N2CCOC2=O)c1)c1occc1-c1ccccc1. The fourth-order valence-electron chi connectivity index (χ4n) is 3.06. The van der Waals surface area contributed by atoms with E-state index in [4.69, 9.17) is 9.15 Å². The number of cyclic esters (lactones) is 1. The summed E-state index contributed by atoms with van der Waals surface area (Å²) in [5.41, 5.74) is 3.31. The standard InChI is InChI=1S/C21H18N2O4/c24-20(19-18(9-11-26-19)16-6-2-1-3-7-16)22-14-15-5-4-8-17(13-15)23-10-12-27-21(23)25/h1-9,11,13H,10,12,14H2,(H,22,24). The maximum Gasteiger partial charge on any atom is 0.414 e. The first-order chi connectivity index (χ1) is 13.2. The van der Waals surface area contributed by atoms with Crippen LogP contribution in [0.15, 0.2) is 71.3 Å². The highest BCUT2D eigenvalue weighted by atomic mass is 16.6. The summed E-state index contributed by atoms with van der Waals surface area (Å²) in [6, 6.07) is 18.9. The van der Waals surface area contributed by atoms with Gasteiger partial charge >= 0.3 is 6.09 Å². The van der Waals surface area contributed by atoms with Crippen LogP contribution in [0.25, 0.3) is 11.1 Å². The normalized spacial score (nSPS) is 13.5. The predicted molar refractivity (Wildman–Crippen MR) is 100 cm³/mol. The molecule has 1 saturated heterocycles. The fraction of sp³-hybridized carbons (Fsp3) is 0.143. The third kappa shape index (κ3) is 3.55. The second-order valence-corrected chi connectivity index (χ2v) is 6.15. The Hall–Kier alpha value is -3.54. The van der Waals surface area contributed by atoms with Gasteiger partial charge in [0, 0.05) is 17.8 Å². The Labute approximate surface area is 156 Å². The Balaban J connectivity index is 1.46. The van der Waals surface area contributed by atoms with Crippen LogP contribution < -0.4 is 10.2 Å². The first kappa shape index (κ1) is 16.9. The molecular weight excluding hydrogens is 344 g/mol. The number of nitrogens with zero attached hydrogens (tertiary/aromatic N) is 1. The monoisotopic (exact) mass is 362 g/mol. The molecule has 2 aromatic carbocycles. The fourth-order valence-corrected chi connectivity index (χ4v) is 3.06. The van der Waals surface area contributed by atoms with Crippen molar-refractivity contribution in [3.63, 3.8) is 0 Å². The number of nitrogens with one attached hydrogen (secondary N) is 1. The van der Waals surface area contributed by atoms with Gasteiger partial charge in [0.1, 0.15) is 6.61 Å². The lowest BCUT2D eigenvalue weighted by Gasteiger charge is -2.14. The Kier molecular flexibility index (Phi) is 4.61. The molecule has 2 heterocycles. The molecule has 6 heteroatoms. The van der Waals surface area contributed by atoms with Crippen LogP contribution >= 0.6 is 0 Å². The van der Waals surface area contributed by atoms with Crippen molar-refractivity contribution in [2.45, 2.75) is 6.54 Å². The number of amides is 2. The highest BCUT2D eigenvalue weighted by Gasteiger charge is 2.23. The zero-order valence-electron chi connectivity index (χ0n) is 14.6. The highest BCUT2D eigenvalue weighted by molar-refractivity contribution is 5.98. The minimum absolute atomic E-state index is 0.278. The van der Waals surface area contributed by atoms with E-state index >= 15 is 0 Å². The summed E-state index contributed by atoms with van der Waals surface area (Å²) in [5.74, 6) is -0.00897. The molecule has 136 valence electrons. The van der Waals surface area contributed by atoms with E-state index in [9.17, 15) is 9.59 Å². The van der Waals surface area contributed by atoms with Crippen molar-refractivity contribution >= 4 is 17.7 Å². The third-order valence-electron chi connectivity index (χ3n) is 4.39. The number of carbonyl (C=O) groups excluding carboxylic acids is 2. The van der Waals surface area contributed by atoms with Crippen LogP contribution in [0.5, 0.6) is 0 Å². The summed E-state index contributed by atoms with van der Waals surface area (Å²) in [6.45, 7) is 1.24. The minimum atomic E-state index is -0.348. The molecule has 1 aliphatic rings. The lowest BCUT2D eigenvalue weighted by atomic mass is 10.1. The van der Waals surface area contributed by atoms with E-state index in [-0.39, 0.29) is 17.8 Å². The van der Waals surface area contributed by atoms with Gasteiger partial charge in [-0.15, -0.1) is 0 Å². The predicted octanol–water partition coefficient (Wildman–Crippen LogP) is 3.83. The molecule has 0 spiro atoms. The van der Waals surface area contributed by atoms with Gasteiger partial charge in [0.25, 0.3) is 5.91 Å². The van der Waals surface area contributed by atoms with Crippen molar-refractivity contribution in [2.24, 2.45) is 0 Å². The van der Waals surface area contributed by atoms with Gasteiger partial charge in [-0.05, 0) is 29.3 Å². The van der Waals surface area contributed by atoms with Gasteiger partial charge in [-0.1, -0.05) is 42.5 Å². The number of carbonyl (C=O) groups is 2. The van der Waals surface area contributed by atoms with Crippen LogP contribution in [0.1, 0.15) is 16.1 Å². The van der Waals surface area contributed by atoms with Gasteiger partial charge in [0.15, 0.2) is 5.76 Å². The largest absolute Gasteiger partial charge is 0.459 e. The zero-order chi connectivity index (χ0) is 18.6. The number of ether oxygens (including phenoxy) is 1. The Bertz CT molecular complexity index is 965. The number of hydrogen-bond acceptors (Lipinski definition) is 4. The molecule has 0 bridgehead atoms. The lowest BCUT2D eigenvalue weighted by Crippen LogP contribution is -2.25. The zero-order valence-corrected chi connectivity index (χ0v) is 14.6. The Morgan fingerprint density at radius 1 is 1.07 bits per heavy atom. The van der Waals surface area contributed by atoms with E-state index in [1.54, 1.807) is 11.0 Å². The molecule has 1 aromatic heterocycles. The van der Waals surface area contributed by atoms with E-state index < -0.39 is 0 Å². The van der Waals surface area contributed by atoms with Crippen LogP contribution in [-0.2, 0) is 11.3 Å². The molecule has 27 heavy (non-hydrogen) atoms. The number of benzene rings is 2. The third-order valence-corrected chi connectivity index (χ3v) is 4.39. The summed E-state index contributed by atoms with van der Waals surface area (Å²) < 4.78 is 10.4. The highest BCUT2D eigenvalue weighted by Crippen LogP contribution is 2.25. The van der Waals surface area contributed by atoms with Gasteiger partial charge < -0.3 is 14.5 Å². The topological polar surface area (TPSA) is 71.8 Å². The summed E-state index contributed by atoms with van der Waals surface area (Å²) in [6.07, 6.45) is 1.16. The number of anilines is 1. The van der Waals surface area contributed by atoms with E-state index in [1.165, 1.54) is 6.26 Å². The maximum atomic E-state index is 12.6. The summed E-state index contributed by atoms with van der Waals surface area (Å²) in [4.78, 5) is 25.9. The number of furan rings is 1.